The number of ketones is 1. The van der Waals surface area contributed by atoms with Gasteiger partial charge in [-0.15, -0.1) is 0 Å². The lowest BCUT2D eigenvalue weighted by molar-refractivity contribution is -0.268. The highest BCUT2D eigenvalue weighted by atomic mass is 16.7. The lowest BCUT2D eigenvalue weighted by Crippen LogP contribution is -2.56. The molecule has 2 saturated carbocycles. The quantitative estimate of drug-likeness (QED) is 0.0885. The first-order chi connectivity index (χ1) is 25.1. The van der Waals surface area contributed by atoms with Crippen molar-refractivity contribution in [1.29, 1.82) is 0 Å². The molecule has 2 aliphatic heterocycles. The summed E-state index contributed by atoms with van der Waals surface area (Å²) in [4.78, 5) is 50.7. The molecule has 0 amide bonds. The van der Waals surface area contributed by atoms with E-state index in [0.29, 0.717) is 37.7 Å². The molecule has 0 radical (unpaired) electrons. The number of carboxylic acids is 1. The number of hydrogen-bond acceptors (Lipinski definition) is 11. The smallest absolute Gasteiger partial charge is 0.338 e. The normalized spacial score (nSPS) is 38.1. The lowest BCUT2D eigenvalue weighted by Gasteiger charge is -2.43. The molecule has 0 aromatic rings. The molecule has 12 heteroatoms. The maximum absolute atomic E-state index is 14.0. The number of rotatable bonds is 11. The summed E-state index contributed by atoms with van der Waals surface area (Å²) in [5, 5.41) is 51.1. The molecule has 290 valence electrons. The van der Waals surface area contributed by atoms with Crippen LogP contribution < -0.4 is 0 Å². The number of fused-ring (bicyclic) bond motifs is 4. The van der Waals surface area contributed by atoms with Crippen LogP contribution in [0, 0.1) is 35.5 Å². The van der Waals surface area contributed by atoms with E-state index in [1.165, 1.54) is 19.9 Å². The minimum Gasteiger partial charge on any atom is -0.481 e. The summed E-state index contributed by atoms with van der Waals surface area (Å²) in [5.74, 6) is -5.97. The van der Waals surface area contributed by atoms with Gasteiger partial charge in [-0.2, -0.15) is 0 Å². The molecule has 0 bridgehead atoms. The molecule has 2 heterocycles. The minimum absolute atomic E-state index is 0.0749. The monoisotopic (exact) mass is 738 g/mol. The van der Waals surface area contributed by atoms with Gasteiger partial charge >= 0.3 is 17.9 Å². The van der Waals surface area contributed by atoms with E-state index < -0.39 is 84.4 Å². The van der Waals surface area contributed by atoms with E-state index in [9.17, 15) is 44.7 Å². The minimum atomic E-state index is -1.68. The average molecular weight is 739 g/mol. The summed E-state index contributed by atoms with van der Waals surface area (Å²) in [6.07, 6.45) is 8.92. The molecule has 5 N–H and O–H groups in total. The first-order valence-corrected chi connectivity index (χ1v) is 18.7. The number of cyclic esters (lactones) is 2. The standard InChI is InChI=1S/C41H54O12/c1-20(14-21(2)15-31(43)23(4)39(48)49)10-7-6-8-11-27-22(3)16-30-28(12-9-13-32(30)52-41-38(47)37(46)36(45)24(5)51-41)35-34(27)29-19-26(42)17-25(29)18-33(44)53-40(35)50/h6-8,10-11,16,18,21,23-24,26-28,30-32,35-36,38,41-43,45,47H,9,12-15,17,19H2,1-5H3,(H,48,49)/b7-6+,11-8+,20-10+,25-18-,34-29-. The maximum atomic E-state index is 14.0. The first kappa shape index (κ1) is 40.7. The Morgan fingerprint density at radius 3 is 2.51 bits per heavy atom. The lowest BCUT2D eigenvalue weighted by atomic mass is 9.67. The number of carbonyl (C=O) groups is 4. The molecule has 5 rings (SSSR count). The third-order valence-electron chi connectivity index (χ3n) is 11.5. The van der Waals surface area contributed by atoms with E-state index in [1.807, 2.05) is 51.2 Å². The SMILES string of the molecule is CC1=CC2C(OC3OC(C)C(O)C(=O)C3O)CCCC2C2C(=O)OC(=O)/C=C3/CC(O)C/C3=C/2C1/C=C/C=C/C=C(\C)CC(C)CC(O)C(C)C(=O)O. The Labute approximate surface area is 310 Å². The Hall–Kier alpha value is -3.52. The number of ether oxygens (including phenoxy) is 3. The topological polar surface area (TPSA) is 197 Å². The number of Topliss-reactive ketones (excluding diaryl/α,β-unsaturated/α-hetero) is 1. The van der Waals surface area contributed by atoms with E-state index in [2.05, 4.69) is 6.08 Å². The van der Waals surface area contributed by atoms with Gasteiger partial charge in [0.05, 0.1) is 36.3 Å². The predicted octanol–water partition coefficient (Wildman–Crippen LogP) is 4.03. The summed E-state index contributed by atoms with van der Waals surface area (Å²) in [6.45, 7) is 8.96. The van der Waals surface area contributed by atoms with E-state index in [-0.39, 0.29) is 30.6 Å². The number of aliphatic hydroxyl groups excluding tert-OH is 4. The van der Waals surface area contributed by atoms with Crippen LogP contribution in [0.2, 0.25) is 0 Å². The number of carboxylic acid groups (broad SMARTS) is 1. The predicted molar refractivity (Wildman–Crippen MR) is 192 cm³/mol. The Morgan fingerprint density at radius 2 is 1.79 bits per heavy atom. The van der Waals surface area contributed by atoms with Crippen molar-refractivity contribution in [3.63, 3.8) is 0 Å². The second-order valence-electron chi connectivity index (χ2n) is 15.6. The van der Waals surface area contributed by atoms with Crippen molar-refractivity contribution in [2.45, 2.75) is 122 Å². The average Bonchev–Trinajstić information content (AvgIpc) is 3.38. The highest BCUT2D eigenvalue weighted by Gasteiger charge is 2.51. The van der Waals surface area contributed by atoms with Crippen LogP contribution in [0.5, 0.6) is 0 Å². The zero-order valence-corrected chi connectivity index (χ0v) is 31.1. The molecule has 3 fully saturated rings. The van der Waals surface area contributed by atoms with Crippen LogP contribution in [0.1, 0.15) is 79.6 Å². The molecule has 5 aliphatic rings. The van der Waals surface area contributed by atoms with Crippen molar-refractivity contribution in [3.05, 3.63) is 70.4 Å². The van der Waals surface area contributed by atoms with Gasteiger partial charge < -0.3 is 39.7 Å². The van der Waals surface area contributed by atoms with Crippen molar-refractivity contribution in [2.75, 3.05) is 0 Å². The summed E-state index contributed by atoms with van der Waals surface area (Å²) >= 11 is 0. The van der Waals surface area contributed by atoms with Crippen molar-refractivity contribution in [2.24, 2.45) is 35.5 Å². The molecule has 53 heavy (non-hydrogen) atoms. The Morgan fingerprint density at radius 1 is 1.06 bits per heavy atom. The second kappa shape index (κ2) is 17.3. The molecule has 0 aromatic heterocycles. The van der Waals surface area contributed by atoms with Gasteiger partial charge in [0.15, 0.2) is 18.2 Å². The Balaban J connectivity index is 1.46. The number of allylic oxidation sites excluding steroid dienone is 7. The Bertz CT molecular complexity index is 1620. The fraction of sp³-hybridized carbons (Fsp3) is 0.610. The van der Waals surface area contributed by atoms with Crippen molar-refractivity contribution >= 4 is 23.7 Å². The number of aliphatic hydroxyl groups is 4. The van der Waals surface area contributed by atoms with Crippen LogP contribution in [0.15, 0.2) is 70.4 Å². The van der Waals surface area contributed by atoms with Crippen LogP contribution in [0.4, 0.5) is 0 Å². The van der Waals surface area contributed by atoms with Gasteiger partial charge in [-0.1, -0.05) is 60.9 Å². The summed E-state index contributed by atoms with van der Waals surface area (Å²) in [7, 11) is 0. The summed E-state index contributed by atoms with van der Waals surface area (Å²) in [6, 6.07) is 0. The molecule has 1 saturated heterocycles. The van der Waals surface area contributed by atoms with Gasteiger partial charge in [0.25, 0.3) is 0 Å². The number of esters is 2. The molecule has 0 aromatic carbocycles. The van der Waals surface area contributed by atoms with Gasteiger partial charge in [0, 0.05) is 17.9 Å². The Kier molecular flexibility index (Phi) is 13.3. The van der Waals surface area contributed by atoms with Gasteiger partial charge in [-0.3, -0.25) is 14.4 Å². The number of carbonyl (C=O) groups excluding carboxylic acids is 3. The highest BCUT2D eigenvalue weighted by molar-refractivity contribution is 5.96. The van der Waals surface area contributed by atoms with Crippen LogP contribution in [0.25, 0.3) is 0 Å². The molecule has 13 atom stereocenters. The summed E-state index contributed by atoms with van der Waals surface area (Å²) in [5.41, 5.74) is 4.20. The van der Waals surface area contributed by atoms with Gasteiger partial charge in [0.2, 0.25) is 0 Å². The zero-order valence-electron chi connectivity index (χ0n) is 31.1. The molecular weight excluding hydrogens is 684 g/mol. The van der Waals surface area contributed by atoms with Gasteiger partial charge in [-0.05, 0) is 94.8 Å². The van der Waals surface area contributed by atoms with E-state index in [1.54, 1.807) is 0 Å². The van der Waals surface area contributed by atoms with Crippen LogP contribution in [-0.2, 0) is 33.4 Å². The molecule has 13 unspecified atom stereocenters. The van der Waals surface area contributed by atoms with E-state index >= 15 is 0 Å². The zero-order chi connectivity index (χ0) is 38.7. The second-order valence-corrected chi connectivity index (χ2v) is 15.6. The van der Waals surface area contributed by atoms with Crippen LogP contribution in [0.3, 0.4) is 0 Å². The maximum Gasteiger partial charge on any atom is 0.338 e. The largest absolute Gasteiger partial charge is 0.481 e. The van der Waals surface area contributed by atoms with E-state index in [4.69, 9.17) is 14.2 Å². The first-order valence-electron chi connectivity index (χ1n) is 18.7. The summed E-state index contributed by atoms with van der Waals surface area (Å²) < 4.78 is 17.5. The number of hydrogen-bond donors (Lipinski definition) is 5. The van der Waals surface area contributed by atoms with Gasteiger partial charge in [-0.25, -0.2) is 4.79 Å². The van der Waals surface area contributed by atoms with Crippen molar-refractivity contribution in [3.8, 4) is 0 Å². The van der Waals surface area contributed by atoms with Crippen LogP contribution in [-0.4, -0.2) is 92.1 Å². The van der Waals surface area contributed by atoms with E-state index in [0.717, 1.165) is 22.3 Å². The highest BCUT2D eigenvalue weighted by Crippen LogP contribution is 2.52. The molecule has 3 aliphatic carbocycles. The fourth-order valence-electron chi connectivity index (χ4n) is 8.72. The fourth-order valence-corrected chi connectivity index (χ4v) is 8.72. The van der Waals surface area contributed by atoms with Crippen molar-refractivity contribution < 1.29 is 58.9 Å². The molecule has 12 nitrogen and oxygen atoms in total. The molecular formula is C41H54O12. The van der Waals surface area contributed by atoms with Crippen molar-refractivity contribution in [1.82, 2.24) is 0 Å². The van der Waals surface area contributed by atoms with Gasteiger partial charge in [0.1, 0.15) is 6.10 Å². The third kappa shape index (κ3) is 9.24. The third-order valence-corrected chi connectivity index (χ3v) is 11.5. The number of aliphatic carboxylic acids is 1. The molecule has 0 spiro atoms. The van der Waals surface area contributed by atoms with Crippen LogP contribution >= 0.6 is 0 Å².